The summed E-state index contributed by atoms with van der Waals surface area (Å²) < 4.78 is 32.5. The lowest BCUT2D eigenvalue weighted by Gasteiger charge is -2.45. The molecule has 2 fully saturated rings. The highest BCUT2D eigenvalue weighted by molar-refractivity contribution is 7.89. The van der Waals surface area contributed by atoms with Gasteiger partial charge in [-0.15, -0.1) is 0 Å². The highest BCUT2D eigenvalue weighted by Gasteiger charge is 2.40. The van der Waals surface area contributed by atoms with Crippen LogP contribution in [0.1, 0.15) is 50.5 Å². The summed E-state index contributed by atoms with van der Waals surface area (Å²) in [5.74, 6) is 0.664. The molecule has 1 aromatic heterocycles. The monoisotopic (exact) mass is 384 g/mol. The standard InChI is InChI=1S/C17H28N4O4S/c1-9-16(11(3)25-20-9)26(23,24)21-10(2)17(22)19-15-12-5-4-6-13(15)8-14(18)7-12/h10,12-15,21H,4-8,18H2,1-3H3,(H,19,22). The Kier molecular flexibility index (Phi) is 5.41. The number of sulfonamides is 1. The number of hydrogen-bond acceptors (Lipinski definition) is 6. The summed E-state index contributed by atoms with van der Waals surface area (Å²) >= 11 is 0. The topological polar surface area (TPSA) is 127 Å². The fourth-order valence-electron chi connectivity index (χ4n) is 4.52. The summed E-state index contributed by atoms with van der Waals surface area (Å²) in [6, 6.07) is -0.596. The molecule has 0 spiro atoms. The van der Waals surface area contributed by atoms with Crippen LogP contribution in [-0.4, -0.2) is 37.6 Å². The third-order valence-electron chi connectivity index (χ3n) is 5.65. The predicted molar refractivity (Wildman–Crippen MR) is 95.7 cm³/mol. The Labute approximate surface area is 154 Å². The Hall–Kier alpha value is -1.45. The van der Waals surface area contributed by atoms with E-state index in [0.717, 1.165) is 25.7 Å². The van der Waals surface area contributed by atoms with Gasteiger partial charge in [0.15, 0.2) is 5.76 Å². The van der Waals surface area contributed by atoms with Crippen molar-refractivity contribution in [1.82, 2.24) is 15.2 Å². The van der Waals surface area contributed by atoms with Gasteiger partial charge in [-0.1, -0.05) is 11.6 Å². The van der Waals surface area contributed by atoms with Gasteiger partial charge in [0.05, 0.1) is 6.04 Å². The summed E-state index contributed by atoms with van der Waals surface area (Å²) in [6.07, 6.45) is 5.13. The van der Waals surface area contributed by atoms with Gasteiger partial charge in [-0.05, 0) is 58.3 Å². The third-order valence-corrected chi connectivity index (χ3v) is 7.43. The van der Waals surface area contributed by atoms with Crippen LogP contribution in [0.5, 0.6) is 0 Å². The van der Waals surface area contributed by atoms with E-state index in [2.05, 4.69) is 15.2 Å². The summed E-state index contributed by atoms with van der Waals surface area (Å²) in [7, 11) is -3.88. The number of nitrogens with two attached hydrogens (primary N) is 1. The van der Waals surface area contributed by atoms with Crippen LogP contribution in [0.2, 0.25) is 0 Å². The molecule has 8 nitrogen and oxygen atoms in total. The number of hydrogen-bond donors (Lipinski definition) is 3. The molecule has 0 aliphatic heterocycles. The molecule has 1 aromatic rings. The summed E-state index contributed by atoms with van der Waals surface area (Å²) in [4.78, 5) is 12.6. The molecular weight excluding hydrogens is 356 g/mol. The van der Waals surface area contributed by atoms with E-state index in [1.165, 1.54) is 13.3 Å². The second-order valence-electron chi connectivity index (χ2n) is 7.71. The molecule has 3 unspecified atom stereocenters. The average Bonchev–Trinajstić information content (AvgIpc) is 2.87. The predicted octanol–water partition coefficient (Wildman–Crippen LogP) is 0.980. The van der Waals surface area contributed by atoms with E-state index in [9.17, 15) is 13.2 Å². The minimum Gasteiger partial charge on any atom is -0.360 e. The van der Waals surface area contributed by atoms with Crippen molar-refractivity contribution in [2.75, 3.05) is 0 Å². The molecule has 26 heavy (non-hydrogen) atoms. The molecule has 1 heterocycles. The molecule has 9 heteroatoms. The minimum absolute atomic E-state index is 0.00217. The van der Waals surface area contributed by atoms with E-state index in [-0.39, 0.29) is 34.3 Å². The van der Waals surface area contributed by atoms with Gasteiger partial charge in [0, 0.05) is 12.1 Å². The van der Waals surface area contributed by atoms with Crippen molar-refractivity contribution in [1.29, 1.82) is 0 Å². The van der Waals surface area contributed by atoms with Crippen LogP contribution in [-0.2, 0) is 14.8 Å². The summed E-state index contributed by atoms with van der Waals surface area (Å²) in [5, 5.41) is 6.75. The summed E-state index contributed by atoms with van der Waals surface area (Å²) in [6.45, 7) is 4.64. The fraction of sp³-hybridized carbons (Fsp3) is 0.765. The van der Waals surface area contributed by atoms with Gasteiger partial charge >= 0.3 is 0 Å². The zero-order valence-electron chi connectivity index (χ0n) is 15.5. The maximum atomic E-state index is 12.6. The molecule has 146 valence electrons. The molecule has 2 aliphatic carbocycles. The number of rotatable bonds is 5. The first kappa shape index (κ1) is 19.3. The molecule has 0 radical (unpaired) electrons. The van der Waals surface area contributed by atoms with Crippen LogP contribution in [0.25, 0.3) is 0 Å². The molecular formula is C17H28N4O4S. The number of nitrogens with one attached hydrogen (secondary N) is 2. The van der Waals surface area contributed by atoms with Crippen molar-refractivity contribution in [3.63, 3.8) is 0 Å². The third kappa shape index (κ3) is 3.79. The Morgan fingerprint density at radius 3 is 2.42 bits per heavy atom. The van der Waals surface area contributed by atoms with E-state index in [4.69, 9.17) is 10.3 Å². The first-order valence-electron chi connectivity index (χ1n) is 9.20. The normalized spacial score (nSPS) is 30.0. The lowest BCUT2D eigenvalue weighted by Crippen LogP contribution is -2.57. The van der Waals surface area contributed by atoms with Crippen molar-refractivity contribution in [2.24, 2.45) is 17.6 Å². The number of carbonyl (C=O) groups is 1. The Morgan fingerprint density at radius 2 is 1.88 bits per heavy atom. The quantitative estimate of drug-likeness (QED) is 0.694. The van der Waals surface area contributed by atoms with E-state index in [1.54, 1.807) is 13.8 Å². The van der Waals surface area contributed by atoms with Crippen LogP contribution in [0.15, 0.2) is 9.42 Å². The van der Waals surface area contributed by atoms with Crippen LogP contribution in [0.4, 0.5) is 0 Å². The Bertz CT molecular complexity index is 742. The SMILES string of the molecule is Cc1noc(C)c1S(=O)(=O)NC(C)C(=O)NC1C2CCCC1CC(N)C2. The van der Waals surface area contributed by atoms with E-state index in [1.807, 2.05) is 0 Å². The zero-order chi connectivity index (χ0) is 19.1. The first-order valence-corrected chi connectivity index (χ1v) is 10.7. The lowest BCUT2D eigenvalue weighted by atomic mass is 9.67. The molecule has 1 amide bonds. The smallest absolute Gasteiger partial charge is 0.246 e. The van der Waals surface area contributed by atoms with E-state index in [0.29, 0.717) is 11.8 Å². The fourth-order valence-corrected chi connectivity index (χ4v) is 6.05. The van der Waals surface area contributed by atoms with Crippen molar-refractivity contribution >= 4 is 15.9 Å². The number of carbonyl (C=O) groups excluding carboxylic acids is 1. The molecule has 2 bridgehead atoms. The minimum atomic E-state index is -3.88. The Balaban J connectivity index is 1.67. The van der Waals surface area contributed by atoms with Gasteiger partial charge in [0.25, 0.3) is 0 Å². The first-order chi connectivity index (χ1) is 12.2. The number of fused-ring (bicyclic) bond motifs is 2. The number of aromatic nitrogens is 1. The zero-order valence-corrected chi connectivity index (χ0v) is 16.3. The maximum Gasteiger partial charge on any atom is 0.246 e. The van der Waals surface area contributed by atoms with Gasteiger partial charge in [-0.2, -0.15) is 4.72 Å². The second kappa shape index (κ2) is 7.28. The van der Waals surface area contributed by atoms with E-state index < -0.39 is 16.1 Å². The van der Waals surface area contributed by atoms with Crippen molar-refractivity contribution in [2.45, 2.75) is 75.9 Å². The molecule has 3 rings (SSSR count). The number of amides is 1. The van der Waals surface area contributed by atoms with E-state index >= 15 is 0 Å². The molecule has 3 atom stereocenters. The lowest BCUT2D eigenvalue weighted by molar-refractivity contribution is -0.124. The van der Waals surface area contributed by atoms with Crippen LogP contribution in [0, 0.1) is 25.7 Å². The Morgan fingerprint density at radius 1 is 1.27 bits per heavy atom. The van der Waals surface area contributed by atoms with Crippen LogP contribution in [0.3, 0.4) is 0 Å². The van der Waals surface area contributed by atoms with Gasteiger partial charge in [0.2, 0.25) is 15.9 Å². The van der Waals surface area contributed by atoms with Crippen molar-refractivity contribution in [3.05, 3.63) is 11.5 Å². The van der Waals surface area contributed by atoms with Gasteiger partial charge in [-0.25, -0.2) is 8.42 Å². The molecule has 4 N–H and O–H groups in total. The van der Waals surface area contributed by atoms with Gasteiger partial charge in [-0.3, -0.25) is 4.79 Å². The molecule has 0 saturated heterocycles. The number of aryl methyl sites for hydroxylation is 2. The summed E-state index contributed by atoms with van der Waals surface area (Å²) in [5.41, 5.74) is 6.40. The van der Waals surface area contributed by atoms with Crippen LogP contribution < -0.4 is 15.8 Å². The molecule has 2 aliphatic rings. The second-order valence-corrected chi connectivity index (χ2v) is 9.36. The highest BCUT2D eigenvalue weighted by atomic mass is 32.2. The molecule has 2 saturated carbocycles. The van der Waals surface area contributed by atoms with Crippen LogP contribution >= 0.6 is 0 Å². The largest absolute Gasteiger partial charge is 0.360 e. The maximum absolute atomic E-state index is 12.6. The molecule has 0 aromatic carbocycles. The van der Waals surface area contributed by atoms with Gasteiger partial charge in [0.1, 0.15) is 10.6 Å². The number of nitrogens with zero attached hydrogens (tertiary/aromatic N) is 1. The van der Waals surface area contributed by atoms with Crippen molar-refractivity contribution < 1.29 is 17.7 Å². The average molecular weight is 385 g/mol. The van der Waals surface area contributed by atoms with Gasteiger partial charge < -0.3 is 15.6 Å². The van der Waals surface area contributed by atoms with Crippen molar-refractivity contribution in [3.8, 4) is 0 Å². The highest BCUT2D eigenvalue weighted by Crippen LogP contribution is 2.39.